The molecule has 0 spiro atoms. The molecule has 1 aromatic heterocycles. The van der Waals surface area contributed by atoms with Crippen molar-refractivity contribution in [3.8, 4) is 0 Å². The third-order valence-electron chi connectivity index (χ3n) is 4.04. The van der Waals surface area contributed by atoms with Crippen molar-refractivity contribution < 1.29 is 9.59 Å². The number of aromatic nitrogens is 1. The van der Waals surface area contributed by atoms with Crippen molar-refractivity contribution in [2.24, 2.45) is 0 Å². The maximum absolute atomic E-state index is 12.4. The van der Waals surface area contributed by atoms with Crippen LogP contribution < -0.4 is 10.6 Å². The SMILES string of the molecule is Cc1ccc2cccc(C(=O)NCCNC(=O)Cc3ccccc3)c2n1. The van der Waals surface area contributed by atoms with Crippen LogP contribution in [-0.2, 0) is 11.2 Å². The topological polar surface area (TPSA) is 71.1 Å². The number of carbonyl (C=O) groups excluding carboxylic acids is 2. The van der Waals surface area contributed by atoms with Gasteiger partial charge in [-0.2, -0.15) is 0 Å². The van der Waals surface area contributed by atoms with Gasteiger partial charge < -0.3 is 10.6 Å². The van der Waals surface area contributed by atoms with Crippen LogP contribution in [0.2, 0.25) is 0 Å². The monoisotopic (exact) mass is 347 g/mol. The van der Waals surface area contributed by atoms with Crippen LogP contribution in [0.3, 0.4) is 0 Å². The van der Waals surface area contributed by atoms with Gasteiger partial charge in [-0.3, -0.25) is 14.6 Å². The molecule has 2 amide bonds. The molecular weight excluding hydrogens is 326 g/mol. The third-order valence-corrected chi connectivity index (χ3v) is 4.04. The van der Waals surface area contributed by atoms with Crippen molar-refractivity contribution in [2.45, 2.75) is 13.3 Å². The Morgan fingerprint density at radius 3 is 2.46 bits per heavy atom. The number of rotatable bonds is 6. The van der Waals surface area contributed by atoms with Crippen molar-refractivity contribution in [1.29, 1.82) is 0 Å². The highest BCUT2D eigenvalue weighted by Gasteiger charge is 2.11. The van der Waals surface area contributed by atoms with Crippen LogP contribution in [0.1, 0.15) is 21.6 Å². The first-order valence-corrected chi connectivity index (χ1v) is 8.59. The molecule has 0 atom stereocenters. The number of amides is 2. The summed E-state index contributed by atoms with van der Waals surface area (Å²) in [7, 11) is 0. The first-order chi connectivity index (χ1) is 12.6. The maximum Gasteiger partial charge on any atom is 0.253 e. The molecule has 0 aliphatic heterocycles. The summed E-state index contributed by atoms with van der Waals surface area (Å²) >= 11 is 0. The van der Waals surface area contributed by atoms with Gasteiger partial charge in [-0.25, -0.2) is 0 Å². The summed E-state index contributed by atoms with van der Waals surface area (Å²) < 4.78 is 0. The number of carbonyl (C=O) groups is 2. The Morgan fingerprint density at radius 2 is 1.65 bits per heavy atom. The van der Waals surface area contributed by atoms with E-state index >= 15 is 0 Å². The Hall–Kier alpha value is -3.21. The fraction of sp³-hybridized carbons (Fsp3) is 0.190. The standard InChI is InChI=1S/C21H21N3O2/c1-15-10-11-17-8-5-9-18(20(17)24-15)21(26)23-13-12-22-19(25)14-16-6-3-2-4-7-16/h2-11H,12-14H2,1H3,(H,22,25)(H,23,26). The van der Waals surface area contributed by atoms with E-state index in [1.54, 1.807) is 6.07 Å². The Morgan fingerprint density at radius 1 is 0.885 bits per heavy atom. The van der Waals surface area contributed by atoms with Crippen molar-refractivity contribution in [2.75, 3.05) is 13.1 Å². The van der Waals surface area contributed by atoms with E-state index in [-0.39, 0.29) is 11.8 Å². The fourth-order valence-electron chi connectivity index (χ4n) is 2.74. The molecule has 0 aliphatic rings. The van der Waals surface area contributed by atoms with Gasteiger partial charge in [0.25, 0.3) is 5.91 Å². The number of para-hydroxylation sites is 1. The quantitative estimate of drug-likeness (QED) is 0.674. The molecule has 0 saturated carbocycles. The lowest BCUT2D eigenvalue weighted by Gasteiger charge is -2.09. The number of nitrogens with zero attached hydrogens (tertiary/aromatic N) is 1. The molecule has 0 fully saturated rings. The molecule has 2 aromatic carbocycles. The minimum atomic E-state index is -0.189. The average molecular weight is 347 g/mol. The van der Waals surface area contributed by atoms with Gasteiger partial charge in [0.2, 0.25) is 5.91 Å². The van der Waals surface area contributed by atoms with E-state index in [1.165, 1.54) is 0 Å². The second kappa shape index (κ2) is 8.25. The van der Waals surface area contributed by atoms with Gasteiger partial charge >= 0.3 is 0 Å². The Kier molecular flexibility index (Phi) is 5.59. The number of aryl methyl sites for hydroxylation is 1. The number of hydrogen-bond acceptors (Lipinski definition) is 3. The molecule has 5 nitrogen and oxygen atoms in total. The highest BCUT2D eigenvalue weighted by atomic mass is 16.2. The van der Waals surface area contributed by atoms with Gasteiger partial charge in [0.15, 0.2) is 0 Å². The molecule has 1 heterocycles. The van der Waals surface area contributed by atoms with Crippen LogP contribution in [0.4, 0.5) is 0 Å². The van der Waals surface area contributed by atoms with Crippen molar-refractivity contribution in [1.82, 2.24) is 15.6 Å². The summed E-state index contributed by atoms with van der Waals surface area (Å²) in [6.45, 7) is 2.65. The lowest BCUT2D eigenvalue weighted by Crippen LogP contribution is -2.35. The van der Waals surface area contributed by atoms with E-state index in [4.69, 9.17) is 0 Å². The van der Waals surface area contributed by atoms with E-state index in [1.807, 2.05) is 61.5 Å². The Balaban J connectivity index is 1.52. The number of fused-ring (bicyclic) bond motifs is 1. The summed E-state index contributed by atoms with van der Waals surface area (Å²) in [5.74, 6) is -0.251. The summed E-state index contributed by atoms with van der Waals surface area (Å²) in [4.78, 5) is 28.8. The number of benzene rings is 2. The number of nitrogens with one attached hydrogen (secondary N) is 2. The first-order valence-electron chi connectivity index (χ1n) is 8.59. The van der Waals surface area contributed by atoms with Crippen molar-refractivity contribution in [3.05, 3.63) is 77.5 Å². The number of hydrogen-bond donors (Lipinski definition) is 2. The lowest BCUT2D eigenvalue weighted by atomic mass is 10.1. The smallest absolute Gasteiger partial charge is 0.253 e. The van der Waals surface area contributed by atoms with Gasteiger partial charge in [0.05, 0.1) is 17.5 Å². The van der Waals surface area contributed by atoms with Crippen LogP contribution in [0.15, 0.2) is 60.7 Å². The molecule has 0 aliphatic carbocycles. The summed E-state index contributed by atoms with van der Waals surface area (Å²) in [5, 5.41) is 6.58. The van der Waals surface area contributed by atoms with E-state index < -0.39 is 0 Å². The second-order valence-electron chi connectivity index (χ2n) is 6.10. The normalized spacial score (nSPS) is 10.5. The van der Waals surface area contributed by atoms with Crippen LogP contribution in [-0.4, -0.2) is 29.9 Å². The van der Waals surface area contributed by atoms with Crippen molar-refractivity contribution in [3.63, 3.8) is 0 Å². The second-order valence-corrected chi connectivity index (χ2v) is 6.10. The van der Waals surface area contributed by atoms with Crippen LogP contribution in [0, 0.1) is 6.92 Å². The van der Waals surface area contributed by atoms with Gasteiger partial charge in [-0.05, 0) is 24.6 Å². The Bertz CT molecular complexity index is 923. The van der Waals surface area contributed by atoms with Gasteiger partial charge in [0, 0.05) is 24.2 Å². The van der Waals surface area contributed by atoms with E-state index in [9.17, 15) is 9.59 Å². The van der Waals surface area contributed by atoms with Gasteiger partial charge in [0.1, 0.15) is 0 Å². The molecule has 0 radical (unpaired) electrons. The lowest BCUT2D eigenvalue weighted by molar-refractivity contribution is -0.120. The molecule has 132 valence electrons. The predicted molar refractivity (Wildman–Crippen MR) is 102 cm³/mol. The minimum absolute atomic E-state index is 0.0621. The van der Waals surface area contributed by atoms with Crippen molar-refractivity contribution >= 4 is 22.7 Å². The molecule has 5 heteroatoms. The summed E-state index contributed by atoms with van der Waals surface area (Å²) in [5.41, 5.74) is 3.07. The largest absolute Gasteiger partial charge is 0.354 e. The fourth-order valence-corrected chi connectivity index (χ4v) is 2.74. The molecule has 3 rings (SSSR count). The molecule has 0 unspecified atom stereocenters. The molecule has 26 heavy (non-hydrogen) atoms. The molecule has 3 aromatic rings. The zero-order valence-corrected chi connectivity index (χ0v) is 14.7. The summed E-state index contributed by atoms with van der Waals surface area (Å²) in [6.07, 6.45) is 0.335. The first kappa shape index (κ1) is 17.6. The molecule has 0 saturated heterocycles. The van der Waals surface area contributed by atoms with E-state index in [0.29, 0.717) is 30.6 Å². The maximum atomic E-state index is 12.4. The van der Waals surface area contributed by atoms with Gasteiger partial charge in [-0.15, -0.1) is 0 Å². The highest BCUT2D eigenvalue weighted by molar-refractivity contribution is 6.05. The van der Waals surface area contributed by atoms with Gasteiger partial charge in [-0.1, -0.05) is 48.5 Å². The average Bonchev–Trinajstić information content (AvgIpc) is 2.65. The minimum Gasteiger partial charge on any atom is -0.354 e. The highest BCUT2D eigenvalue weighted by Crippen LogP contribution is 2.17. The molecular formula is C21H21N3O2. The third kappa shape index (κ3) is 4.45. The number of pyridine rings is 1. The van der Waals surface area contributed by atoms with Crippen LogP contribution in [0.25, 0.3) is 10.9 Å². The zero-order valence-electron chi connectivity index (χ0n) is 14.7. The zero-order chi connectivity index (χ0) is 18.4. The molecule has 2 N–H and O–H groups in total. The van der Waals surface area contributed by atoms with E-state index in [2.05, 4.69) is 15.6 Å². The van der Waals surface area contributed by atoms with Crippen LogP contribution in [0.5, 0.6) is 0 Å². The molecule has 0 bridgehead atoms. The van der Waals surface area contributed by atoms with Crippen LogP contribution >= 0.6 is 0 Å². The Labute approximate surface area is 152 Å². The predicted octanol–water partition coefficient (Wildman–Crippen LogP) is 2.63. The summed E-state index contributed by atoms with van der Waals surface area (Å²) in [6, 6.07) is 19.0. The van der Waals surface area contributed by atoms with E-state index in [0.717, 1.165) is 16.6 Å².